The Morgan fingerprint density at radius 1 is 1.50 bits per heavy atom. The van der Waals surface area contributed by atoms with E-state index in [4.69, 9.17) is 0 Å². The van der Waals surface area contributed by atoms with Crippen LogP contribution in [0, 0.1) is 0 Å². The number of aromatic nitrogens is 2. The van der Waals surface area contributed by atoms with Gasteiger partial charge < -0.3 is 9.88 Å². The normalized spacial score (nSPS) is 14.1. The first-order chi connectivity index (χ1) is 4.88. The van der Waals surface area contributed by atoms with Gasteiger partial charge in [-0.15, -0.1) is 24.8 Å². The second-order valence-electron chi connectivity index (χ2n) is 2.35. The van der Waals surface area contributed by atoms with Crippen LogP contribution in [0.2, 0.25) is 0 Å². The van der Waals surface area contributed by atoms with E-state index in [9.17, 15) is 0 Å². The first kappa shape index (κ1) is 12.2. The Bertz CT molecular complexity index is 251. The maximum atomic E-state index is 4.14. The van der Waals surface area contributed by atoms with Crippen molar-refractivity contribution in [1.82, 2.24) is 14.9 Å². The van der Waals surface area contributed by atoms with Gasteiger partial charge in [0.15, 0.2) is 4.73 Å². The van der Waals surface area contributed by atoms with E-state index in [2.05, 4.69) is 30.8 Å². The molecule has 0 radical (unpaired) electrons. The van der Waals surface area contributed by atoms with Gasteiger partial charge >= 0.3 is 0 Å². The SMILES string of the molecule is Brc1ncc2n1CCNC2.Cl.Cl. The summed E-state index contributed by atoms with van der Waals surface area (Å²) in [6.45, 7) is 3.01. The zero-order valence-corrected chi connectivity index (χ0v) is 9.51. The fourth-order valence-electron chi connectivity index (χ4n) is 1.17. The number of imidazole rings is 1. The molecule has 0 unspecified atom stereocenters. The van der Waals surface area contributed by atoms with Crippen LogP contribution in [0.1, 0.15) is 5.69 Å². The molecule has 2 heterocycles. The van der Waals surface area contributed by atoms with Gasteiger partial charge in [-0.1, -0.05) is 0 Å². The standard InChI is InChI=1S/C6H8BrN3.2ClH/c7-6-9-4-5-3-8-1-2-10(5)6;;/h4,8H,1-3H2;2*1H. The minimum absolute atomic E-state index is 0. The largest absolute Gasteiger partial charge is 0.320 e. The smallest absolute Gasteiger partial charge is 0.177 e. The molecule has 0 saturated carbocycles. The third kappa shape index (κ3) is 2.13. The van der Waals surface area contributed by atoms with Crippen molar-refractivity contribution < 1.29 is 0 Å². The van der Waals surface area contributed by atoms with Crippen molar-refractivity contribution in [1.29, 1.82) is 0 Å². The average Bonchev–Trinajstić information content (AvgIpc) is 2.34. The molecule has 2 rings (SSSR count). The van der Waals surface area contributed by atoms with E-state index in [1.807, 2.05) is 6.20 Å². The summed E-state index contributed by atoms with van der Waals surface area (Å²) in [5, 5.41) is 3.27. The Labute approximate surface area is 91.9 Å². The molecule has 1 aromatic heterocycles. The third-order valence-corrected chi connectivity index (χ3v) is 2.34. The second kappa shape index (κ2) is 5.07. The highest BCUT2D eigenvalue weighted by atomic mass is 79.9. The molecule has 0 fully saturated rings. The molecule has 12 heavy (non-hydrogen) atoms. The molecule has 1 N–H and O–H groups in total. The summed E-state index contributed by atoms with van der Waals surface area (Å²) in [6.07, 6.45) is 1.90. The van der Waals surface area contributed by atoms with Crippen LogP contribution in [0.4, 0.5) is 0 Å². The molecule has 1 aromatic rings. The topological polar surface area (TPSA) is 29.9 Å². The Balaban J connectivity index is 0.000000605. The average molecular weight is 275 g/mol. The minimum Gasteiger partial charge on any atom is -0.320 e. The predicted molar refractivity (Wildman–Crippen MR) is 56.1 cm³/mol. The van der Waals surface area contributed by atoms with Gasteiger partial charge in [-0.3, -0.25) is 0 Å². The molecule has 6 heteroatoms. The van der Waals surface area contributed by atoms with Crippen molar-refractivity contribution in [3.63, 3.8) is 0 Å². The van der Waals surface area contributed by atoms with Gasteiger partial charge in [0.2, 0.25) is 0 Å². The summed E-state index contributed by atoms with van der Waals surface area (Å²) in [7, 11) is 0. The van der Waals surface area contributed by atoms with Crippen LogP contribution < -0.4 is 5.32 Å². The van der Waals surface area contributed by atoms with E-state index < -0.39 is 0 Å². The highest BCUT2D eigenvalue weighted by Gasteiger charge is 2.10. The first-order valence-electron chi connectivity index (χ1n) is 3.28. The van der Waals surface area contributed by atoms with Crippen molar-refractivity contribution in [2.45, 2.75) is 13.1 Å². The number of nitrogens with one attached hydrogen (secondary N) is 1. The molecule has 0 aromatic carbocycles. The highest BCUT2D eigenvalue weighted by Crippen LogP contribution is 2.13. The van der Waals surface area contributed by atoms with Crippen LogP contribution in [0.15, 0.2) is 10.9 Å². The lowest BCUT2D eigenvalue weighted by Gasteiger charge is -2.15. The summed E-state index contributed by atoms with van der Waals surface area (Å²) < 4.78 is 3.13. The van der Waals surface area contributed by atoms with Crippen molar-refractivity contribution in [3.8, 4) is 0 Å². The monoisotopic (exact) mass is 273 g/mol. The molecule has 1 aliphatic heterocycles. The Morgan fingerprint density at radius 2 is 2.25 bits per heavy atom. The fraction of sp³-hybridized carbons (Fsp3) is 0.500. The third-order valence-electron chi connectivity index (χ3n) is 1.71. The number of fused-ring (bicyclic) bond motifs is 1. The molecule has 3 nitrogen and oxygen atoms in total. The Hall–Kier alpha value is 0.230. The molecule has 0 aliphatic carbocycles. The summed E-state index contributed by atoms with van der Waals surface area (Å²) >= 11 is 3.38. The van der Waals surface area contributed by atoms with Gasteiger partial charge in [0, 0.05) is 19.6 Å². The molecule has 0 spiro atoms. The minimum atomic E-state index is 0. The number of rotatable bonds is 0. The fourth-order valence-corrected chi connectivity index (χ4v) is 1.68. The molecular formula is C6H10BrCl2N3. The van der Waals surface area contributed by atoms with E-state index in [0.717, 1.165) is 24.4 Å². The van der Waals surface area contributed by atoms with Crippen LogP contribution >= 0.6 is 40.7 Å². The molecule has 0 amide bonds. The van der Waals surface area contributed by atoms with E-state index in [0.29, 0.717) is 0 Å². The number of hydrogen-bond donors (Lipinski definition) is 1. The lowest BCUT2D eigenvalue weighted by molar-refractivity contribution is 0.509. The van der Waals surface area contributed by atoms with Crippen LogP contribution in [0.5, 0.6) is 0 Å². The van der Waals surface area contributed by atoms with Gasteiger partial charge in [0.25, 0.3) is 0 Å². The summed E-state index contributed by atoms with van der Waals surface area (Å²) in [5.74, 6) is 0. The molecule has 1 aliphatic rings. The summed E-state index contributed by atoms with van der Waals surface area (Å²) in [5.41, 5.74) is 1.26. The molecule has 0 atom stereocenters. The van der Waals surface area contributed by atoms with Crippen molar-refractivity contribution >= 4 is 40.7 Å². The predicted octanol–water partition coefficient (Wildman–Crippen LogP) is 1.59. The van der Waals surface area contributed by atoms with Gasteiger partial charge in [-0.2, -0.15) is 0 Å². The number of halogens is 3. The zero-order valence-electron chi connectivity index (χ0n) is 6.29. The maximum absolute atomic E-state index is 4.14. The lowest BCUT2D eigenvalue weighted by Crippen LogP contribution is -2.27. The van der Waals surface area contributed by atoms with E-state index >= 15 is 0 Å². The first-order valence-corrected chi connectivity index (χ1v) is 4.08. The van der Waals surface area contributed by atoms with Gasteiger partial charge in [0.05, 0.1) is 11.9 Å². The highest BCUT2D eigenvalue weighted by molar-refractivity contribution is 9.10. The van der Waals surface area contributed by atoms with E-state index in [1.165, 1.54) is 5.69 Å². The molecule has 0 saturated heterocycles. The van der Waals surface area contributed by atoms with Crippen LogP contribution in [-0.2, 0) is 13.1 Å². The van der Waals surface area contributed by atoms with Crippen molar-refractivity contribution in [3.05, 3.63) is 16.6 Å². The van der Waals surface area contributed by atoms with E-state index in [1.54, 1.807) is 0 Å². The van der Waals surface area contributed by atoms with Gasteiger partial charge in [-0.05, 0) is 15.9 Å². The van der Waals surface area contributed by atoms with Gasteiger partial charge in [-0.25, -0.2) is 4.98 Å². The number of nitrogens with zero attached hydrogens (tertiary/aromatic N) is 2. The van der Waals surface area contributed by atoms with E-state index in [-0.39, 0.29) is 24.8 Å². The quantitative estimate of drug-likeness (QED) is 0.779. The summed E-state index contributed by atoms with van der Waals surface area (Å²) in [4.78, 5) is 4.14. The van der Waals surface area contributed by atoms with Crippen molar-refractivity contribution in [2.24, 2.45) is 0 Å². The van der Waals surface area contributed by atoms with Crippen LogP contribution in [0.3, 0.4) is 0 Å². The van der Waals surface area contributed by atoms with Crippen LogP contribution in [-0.4, -0.2) is 16.1 Å². The maximum Gasteiger partial charge on any atom is 0.177 e. The lowest BCUT2D eigenvalue weighted by atomic mass is 10.4. The second-order valence-corrected chi connectivity index (χ2v) is 3.06. The number of hydrogen-bond acceptors (Lipinski definition) is 2. The molecule has 70 valence electrons. The van der Waals surface area contributed by atoms with Crippen molar-refractivity contribution in [2.75, 3.05) is 6.54 Å². The molecule has 0 bridgehead atoms. The Morgan fingerprint density at radius 3 is 2.92 bits per heavy atom. The van der Waals surface area contributed by atoms with Crippen LogP contribution in [0.25, 0.3) is 0 Å². The summed E-state index contributed by atoms with van der Waals surface area (Å²) in [6, 6.07) is 0. The molecular weight excluding hydrogens is 265 g/mol. The van der Waals surface area contributed by atoms with Gasteiger partial charge in [0.1, 0.15) is 0 Å². The Kier molecular flexibility index (Phi) is 5.16. The zero-order chi connectivity index (χ0) is 6.97.